The van der Waals surface area contributed by atoms with E-state index in [4.69, 9.17) is 0 Å². The maximum Gasteiger partial charge on any atom is 0.243 e. The van der Waals surface area contributed by atoms with Gasteiger partial charge in [-0.2, -0.15) is 0 Å². The molecule has 0 aromatic carbocycles. The first-order valence-corrected chi connectivity index (χ1v) is 5.15. The van der Waals surface area contributed by atoms with Gasteiger partial charge in [0, 0.05) is 6.04 Å². The highest BCUT2D eigenvalue weighted by molar-refractivity contribution is 5.87. The van der Waals surface area contributed by atoms with Crippen LogP contribution in [0.1, 0.15) is 39.5 Å². The largest absolute Gasteiger partial charge is 0.350 e. The second-order valence-corrected chi connectivity index (χ2v) is 3.97. The molecule has 0 radical (unpaired) electrons. The maximum atomic E-state index is 11.2. The van der Waals surface area contributed by atoms with E-state index in [0.717, 1.165) is 18.8 Å². The van der Waals surface area contributed by atoms with Crippen molar-refractivity contribution in [2.75, 3.05) is 0 Å². The normalized spacial score (nSPS) is 29.1. The van der Waals surface area contributed by atoms with Crippen LogP contribution in [0.5, 0.6) is 0 Å². The van der Waals surface area contributed by atoms with Crippen LogP contribution in [0.2, 0.25) is 0 Å². The van der Waals surface area contributed by atoms with Gasteiger partial charge in [-0.15, -0.1) is 0 Å². The topological polar surface area (TPSA) is 29.1 Å². The highest BCUT2D eigenvalue weighted by Crippen LogP contribution is 2.23. The average molecular weight is 181 g/mol. The van der Waals surface area contributed by atoms with Crippen molar-refractivity contribution in [3.63, 3.8) is 0 Å². The molecule has 0 unspecified atom stereocenters. The third-order valence-corrected chi connectivity index (χ3v) is 2.68. The first-order valence-electron chi connectivity index (χ1n) is 5.15. The molecule has 0 bridgehead atoms. The zero-order chi connectivity index (χ0) is 9.68. The number of allylic oxidation sites excluding steroid dienone is 1. The Kier molecular flexibility index (Phi) is 4.00. The van der Waals surface area contributed by atoms with Crippen LogP contribution in [0, 0.1) is 5.92 Å². The smallest absolute Gasteiger partial charge is 0.243 e. The van der Waals surface area contributed by atoms with E-state index in [1.807, 2.05) is 6.92 Å². The molecule has 1 amide bonds. The Labute approximate surface area is 80.4 Å². The molecular formula is C11H19NO. The molecule has 0 atom stereocenters. The Balaban J connectivity index is 2.26. The van der Waals surface area contributed by atoms with E-state index in [9.17, 15) is 4.79 Å². The van der Waals surface area contributed by atoms with Gasteiger partial charge in [0.2, 0.25) is 5.91 Å². The Morgan fingerprint density at radius 2 is 1.92 bits per heavy atom. The molecule has 2 nitrogen and oxygen atoms in total. The SMILES string of the molecule is C/C=C/C(=O)NC1CCC(C)CC1. The molecule has 0 aromatic heterocycles. The van der Waals surface area contributed by atoms with E-state index < -0.39 is 0 Å². The fourth-order valence-corrected chi connectivity index (χ4v) is 1.81. The standard InChI is InChI=1S/C11H19NO/c1-3-4-11(13)12-10-7-5-9(2)6-8-10/h3-4,9-10H,5-8H2,1-2H3,(H,12,13)/b4-3+. The summed E-state index contributed by atoms with van der Waals surface area (Å²) in [7, 11) is 0. The summed E-state index contributed by atoms with van der Waals surface area (Å²) in [5.74, 6) is 0.900. The number of hydrogen-bond donors (Lipinski definition) is 1. The van der Waals surface area contributed by atoms with Crippen molar-refractivity contribution >= 4 is 5.91 Å². The Hall–Kier alpha value is -0.790. The van der Waals surface area contributed by atoms with Crippen molar-refractivity contribution in [3.8, 4) is 0 Å². The number of nitrogens with one attached hydrogen (secondary N) is 1. The molecule has 74 valence electrons. The van der Waals surface area contributed by atoms with Crippen LogP contribution >= 0.6 is 0 Å². The minimum atomic E-state index is 0.0575. The van der Waals surface area contributed by atoms with Crippen molar-refractivity contribution in [1.29, 1.82) is 0 Å². The minimum Gasteiger partial charge on any atom is -0.350 e. The van der Waals surface area contributed by atoms with Gasteiger partial charge in [0.1, 0.15) is 0 Å². The third kappa shape index (κ3) is 3.62. The molecule has 13 heavy (non-hydrogen) atoms. The van der Waals surface area contributed by atoms with E-state index in [0.29, 0.717) is 6.04 Å². The molecule has 1 rings (SSSR count). The number of hydrogen-bond acceptors (Lipinski definition) is 1. The molecule has 1 aliphatic carbocycles. The Bertz CT molecular complexity index is 190. The molecule has 0 saturated heterocycles. The summed E-state index contributed by atoms with van der Waals surface area (Å²) in [5.41, 5.74) is 0. The third-order valence-electron chi connectivity index (χ3n) is 2.68. The van der Waals surface area contributed by atoms with E-state index in [2.05, 4.69) is 12.2 Å². The van der Waals surface area contributed by atoms with Crippen LogP contribution < -0.4 is 5.32 Å². The van der Waals surface area contributed by atoms with E-state index in [1.165, 1.54) is 12.8 Å². The van der Waals surface area contributed by atoms with Crippen molar-refractivity contribution in [1.82, 2.24) is 5.32 Å². The first-order chi connectivity index (χ1) is 6.22. The summed E-state index contributed by atoms with van der Waals surface area (Å²) in [4.78, 5) is 11.2. The van der Waals surface area contributed by atoms with Gasteiger partial charge in [-0.05, 0) is 44.6 Å². The maximum absolute atomic E-state index is 11.2. The van der Waals surface area contributed by atoms with Crippen LogP contribution in [-0.4, -0.2) is 11.9 Å². The summed E-state index contributed by atoms with van der Waals surface area (Å²) in [6.07, 6.45) is 8.16. The second-order valence-electron chi connectivity index (χ2n) is 3.97. The number of carbonyl (C=O) groups is 1. The lowest BCUT2D eigenvalue weighted by Gasteiger charge is -2.26. The molecule has 0 heterocycles. The summed E-state index contributed by atoms with van der Waals surface area (Å²) < 4.78 is 0. The predicted molar refractivity (Wildman–Crippen MR) is 54.4 cm³/mol. The zero-order valence-corrected chi connectivity index (χ0v) is 8.55. The summed E-state index contributed by atoms with van der Waals surface area (Å²) >= 11 is 0. The van der Waals surface area contributed by atoms with Gasteiger partial charge in [-0.3, -0.25) is 4.79 Å². The van der Waals surface area contributed by atoms with Gasteiger partial charge in [0.25, 0.3) is 0 Å². The Morgan fingerprint density at radius 1 is 1.31 bits per heavy atom. The average Bonchev–Trinajstić information content (AvgIpc) is 2.09. The molecule has 0 spiro atoms. The molecule has 1 aliphatic rings. The summed E-state index contributed by atoms with van der Waals surface area (Å²) in [6, 6.07) is 0.417. The van der Waals surface area contributed by atoms with Crippen molar-refractivity contribution in [2.24, 2.45) is 5.92 Å². The van der Waals surface area contributed by atoms with Gasteiger partial charge >= 0.3 is 0 Å². The molecule has 0 aromatic rings. The van der Waals surface area contributed by atoms with Crippen molar-refractivity contribution in [3.05, 3.63) is 12.2 Å². The highest BCUT2D eigenvalue weighted by Gasteiger charge is 2.18. The van der Waals surface area contributed by atoms with Crippen LogP contribution in [0.25, 0.3) is 0 Å². The van der Waals surface area contributed by atoms with Gasteiger partial charge in [0.05, 0.1) is 0 Å². The second kappa shape index (κ2) is 5.05. The predicted octanol–water partition coefficient (Wildman–Crippen LogP) is 2.26. The van der Waals surface area contributed by atoms with Gasteiger partial charge < -0.3 is 5.32 Å². The fraction of sp³-hybridized carbons (Fsp3) is 0.727. The van der Waals surface area contributed by atoms with Crippen molar-refractivity contribution in [2.45, 2.75) is 45.6 Å². The molecule has 1 fully saturated rings. The molecular weight excluding hydrogens is 162 g/mol. The summed E-state index contributed by atoms with van der Waals surface area (Å²) in [6.45, 7) is 4.15. The monoisotopic (exact) mass is 181 g/mol. The fourth-order valence-electron chi connectivity index (χ4n) is 1.81. The molecule has 2 heteroatoms. The van der Waals surface area contributed by atoms with Crippen LogP contribution in [0.3, 0.4) is 0 Å². The molecule has 1 saturated carbocycles. The minimum absolute atomic E-state index is 0.0575. The lowest BCUT2D eigenvalue weighted by molar-refractivity contribution is -0.117. The van der Waals surface area contributed by atoms with Gasteiger partial charge in [-0.1, -0.05) is 13.0 Å². The van der Waals surface area contributed by atoms with Crippen LogP contribution in [-0.2, 0) is 4.79 Å². The number of rotatable bonds is 2. The van der Waals surface area contributed by atoms with Gasteiger partial charge in [-0.25, -0.2) is 0 Å². The van der Waals surface area contributed by atoms with E-state index in [1.54, 1.807) is 12.2 Å². The number of amides is 1. The van der Waals surface area contributed by atoms with Crippen molar-refractivity contribution < 1.29 is 4.79 Å². The first kappa shape index (κ1) is 10.3. The molecule has 0 aliphatic heterocycles. The quantitative estimate of drug-likeness (QED) is 0.650. The summed E-state index contributed by atoms with van der Waals surface area (Å²) in [5, 5.41) is 3.01. The highest BCUT2D eigenvalue weighted by atomic mass is 16.1. The number of carbonyl (C=O) groups excluding carboxylic acids is 1. The molecule has 1 N–H and O–H groups in total. The van der Waals surface area contributed by atoms with Crippen LogP contribution in [0.4, 0.5) is 0 Å². The van der Waals surface area contributed by atoms with Crippen LogP contribution in [0.15, 0.2) is 12.2 Å². The lowest BCUT2D eigenvalue weighted by Crippen LogP contribution is -2.36. The van der Waals surface area contributed by atoms with Gasteiger partial charge in [0.15, 0.2) is 0 Å². The Morgan fingerprint density at radius 3 is 2.46 bits per heavy atom. The lowest BCUT2D eigenvalue weighted by atomic mass is 9.87. The van der Waals surface area contributed by atoms with E-state index in [-0.39, 0.29) is 5.91 Å². The zero-order valence-electron chi connectivity index (χ0n) is 8.55. The van der Waals surface area contributed by atoms with E-state index >= 15 is 0 Å².